The zero-order valence-electron chi connectivity index (χ0n) is 13.6. The predicted molar refractivity (Wildman–Crippen MR) is 94.9 cm³/mol. The van der Waals surface area contributed by atoms with Crippen molar-refractivity contribution in [1.82, 2.24) is 4.98 Å². The van der Waals surface area contributed by atoms with Gasteiger partial charge in [0.25, 0.3) is 0 Å². The number of benzene rings is 1. The highest BCUT2D eigenvalue weighted by Gasteiger charge is 2.33. The SMILES string of the molecule is C=C(CC)c1cnccc1C(F)(F)F.C=C(N)c1cc(Cl)ccc1O. The van der Waals surface area contributed by atoms with Crippen LogP contribution in [-0.4, -0.2) is 10.1 Å². The minimum Gasteiger partial charge on any atom is -0.507 e. The number of allylic oxidation sites excluding steroid dienone is 1. The highest BCUT2D eigenvalue weighted by molar-refractivity contribution is 6.30. The maximum Gasteiger partial charge on any atom is 0.417 e. The van der Waals surface area contributed by atoms with Gasteiger partial charge in [-0.1, -0.05) is 31.7 Å². The maximum atomic E-state index is 12.5. The molecule has 3 N–H and O–H groups in total. The zero-order valence-corrected chi connectivity index (χ0v) is 14.3. The lowest BCUT2D eigenvalue weighted by atomic mass is 10.0. The molecular formula is C18H18ClF3N2O. The quantitative estimate of drug-likeness (QED) is 0.750. The molecule has 1 aromatic carbocycles. The summed E-state index contributed by atoms with van der Waals surface area (Å²) in [6, 6.07) is 5.61. The Morgan fingerprint density at radius 2 is 1.88 bits per heavy atom. The van der Waals surface area contributed by atoms with Crippen LogP contribution in [0.4, 0.5) is 13.2 Å². The van der Waals surface area contributed by atoms with Gasteiger partial charge in [0.1, 0.15) is 5.75 Å². The second kappa shape index (κ2) is 8.58. The topological polar surface area (TPSA) is 59.1 Å². The molecule has 0 spiro atoms. The molecule has 0 aliphatic heterocycles. The molecule has 0 atom stereocenters. The second-order valence-electron chi connectivity index (χ2n) is 5.06. The fraction of sp³-hybridized carbons (Fsp3) is 0.167. The third kappa shape index (κ3) is 5.83. The summed E-state index contributed by atoms with van der Waals surface area (Å²) in [5.41, 5.74) is 6.03. The Bertz CT molecular complexity index is 773. The highest BCUT2D eigenvalue weighted by Crippen LogP contribution is 2.34. The number of hydrogen-bond acceptors (Lipinski definition) is 3. The molecule has 7 heteroatoms. The summed E-state index contributed by atoms with van der Waals surface area (Å²) >= 11 is 5.65. The van der Waals surface area contributed by atoms with Crippen LogP contribution in [0.2, 0.25) is 5.02 Å². The Morgan fingerprint density at radius 3 is 2.36 bits per heavy atom. The molecule has 0 aliphatic rings. The van der Waals surface area contributed by atoms with Crippen LogP contribution in [0.1, 0.15) is 30.0 Å². The molecule has 0 bridgehead atoms. The first kappa shape index (κ1) is 20.6. The number of rotatable bonds is 3. The fourth-order valence-electron chi connectivity index (χ4n) is 1.88. The van der Waals surface area contributed by atoms with Gasteiger partial charge in [-0.25, -0.2) is 0 Å². The van der Waals surface area contributed by atoms with Crippen LogP contribution in [0.15, 0.2) is 49.8 Å². The molecule has 0 amide bonds. The molecule has 25 heavy (non-hydrogen) atoms. The van der Waals surface area contributed by atoms with E-state index in [-0.39, 0.29) is 11.3 Å². The van der Waals surface area contributed by atoms with Gasteiger partial charge in [0.05, 0.1) is 5.56 Å². The van der Waals surface area contributed by atoms with Crippen molar-refractivity contribution in [2.24, 2.45) is 5.73 Å². The Labute approximate surface area is 149 Å². The summed E-state index contributed by atoms with van der Waals surface area (Å²) in [7, 11) is 0. The number of hydrogen-bond donors (Lipinski definition) is 2. The van der Waals surface area contributed by atoms with Crippen molar-refractivity contribution in [3.05, 3.63) is 71.5 Å². The number of alkyl halides is 3. The van der Waals surface area contributed by atoms with Crippen molar-refractivity contribution >= 4 is 22.9 Å². The Balaban J connectivity index is 0.000000257. The standard InChI is InChI=1S/C10H10F3N.C8H8ClNO/c1-3-7(2)8-6-14-5-4-9(8)10(11,12)13;1-5(10)7-4-6(9)2-3-8(7)11/h4-6H,2-3H2,1H3;2-4,11H,1,10H2. The highest BCUT2D eigenvalue weighted by atomic mass is 35.5. The third-order valence-corrected chi connectivity index (χ3v) is 3.47. The first-order valence-electron chi connectivity index (χ1n) is 7.20. The maximum absolute atomic E-state index is 12.5. The minimum absolute atomic E-state index is 0.0856. The van der Waals surface area contributed by atoms with Crippen molar-refractivity contribution < 1.29 is 18.3 Å². The number of nitrogens with zero attached hydrogens (tertiary/aromatic N) is 1. The molecule has 3 nitrogen and oxygen atoms in total. The van der Waals surface area contributed by atoms with Gasteiger partial charge in [0.2, 0.25) is 0 Å². The van der Waals surface area contributed by atoms with Crippen molar-refractivity contribution in [3.63, 3.8) is 0 Å². The summed E-state index contributed by atoms with van der Waals surface area (Å²) in [5, 5.41) is 9.74. The lowest BCUT2D eigenvalue weighted by Gasteiger charge is -2.12. The van der Waals surface area contributed by atoms with E-state index in [0.29, 0.717) is 28.3 Å². The number of phenolic OH excluding ortho intramolecular Hbond substituents is 1. The largest absolute Gasteiger partial charge is 0.507 e. The van der Waals surface area contributed by atoms with Crippen LogP contribution in [0.3, 0.4) is 0 Å². The Kier molecular flexibility index (Phi) is 7.06. The molecule has 0 radical (unpaired) electrons. The third-order valence-electron chi connectivity index (χ3n) is 3.24. The van der Waals surface area contributed by atoms with Gasteiger partial charge >= 0.3 is 6.18 Å². The Hall–Kier alpha value is -2.47. The number of nitrogens with two attached hydrogens (primary N) is 1. The van der Waals surface area contributed by atoms with Crippen LogP contribution in [0.25, 0.3) is 11.3 Å². The summed E-state index contributed by atoms with van der Waals surface area (Å²) in [4.78, 5) is 3.67. The van der Waals surface area contributed by atoms with Crippen LogP contribution in [-0.2, 0) is 6.18 Å². The Morgan fingerprint density at radius 1 is 1.24 bits per heavy atom. The van der Waals surface area contributed by atoms with Gasteiger partial charge < -0.3 is 10.8 Å². The molecule has 0 unspecified atom stereocenters. The normalized spacial score (nSPS) is 10.6. The summed E-state index contributed by atoms with van der Waals surface area (Å²) in [5.74, 6) is 0.0990. The summed E-state index contributed by atoms with van der Waals surface area (Å²) < 4.78 is 37.4. The van der Waals surface area contributed by atoms with E-state index < -0.39 is 11.7 Å². The van der Waals surface area contributed by atoms with Crippen LogP contribution in [0, 0.1) is 0 Å². The van der Waals surface area contributed by atoms with Crippen molar-refractivity contribution in [2.45, 2.75) is 19.5 Å². The average molecular weight is 371 g/mol. The van der Waals surface area contributed by atoms with E-state index in [1.807, 2.05) is 0 Å². The van der Waals surface area contributed by atoms with Gasteiger partial charge in [0, 0.05) is 34.2 Å². The molecule has 2 aromatic rings. The molecule has 0 fully saturated rings. The van der Waals surface area contributed by atoms with Gasteiger partial charge in [-0.15, -0.1) is 0 Å². The van der Waals surface area contributed by atoms with Gasteiger partial charge in [-0.3, -0.25) is 4.98 Å². The van der Waals surface area contributed by atoms with Crippen molar-refractivity contribution in [2.75, 3.05) is 0 Å². The number of phenols is 1. The molecule has 1 aromatic heterocycles. The monoisotopic (exact) mass is 370 g/mol. The van der Waals surface area contributed by atoms with Gasteiger partial charge in [-0.05, 0) is 36.3 Å². The lowest BCUT2D eigenvalue weighted by molar-refractivity contribution is -0.137. The summed E-state index contributed by atoms with van der Waals surface area (Å²) in [6.45, 7) is 8.82. The fourth-order valence-corrected chi connectivity index (χ4v) is 2.05. The van der Waals surface area contributed by atoms with Crippen LogP contribution >= 0.6 is 11.6 Å². The molecule has 0 aliphatic carbocycles. The molecule has 0 saturated carbocycles. The summed E-state index contributed by atoms with van der Waals surface area (Å²) in [6.07, 6.45) is -1.52. The smallest absolute Gasteiger partial charge is 0.417 e. The molecule has 134 valence electrons. The first-order valence-corrected chi connectivity index (χ1v) is 7.58. The first-order chi connectivity index (χ1) is 11.6. The average Bonchev–Trinajstić information content (AvgIpc) is 2.56. The van der Waals surface area contributed by atoms with Gasteiger partial charge in [-0.2, -0.15) is 13.2 Å². The van der Waals surface area contributed by atoms with E-state index in [2.05, 4.69) is 18.1 Å². The zero-order chi connectivity index (χ0) is 19.2. The second-order valence-corrected chi connectivity index (χ2v) is 5.50. The predicted octanol–water partition coefficient (Wildman–Crippen LogP) is 5.50. The number of aromatic hydroxyl groups is 1. The molecule has 0 saturated heterocycles. The van der Waals surface area contributed by atoms with E-state index in [1.165, 1.54) is 12.3 Å². The number of pyridine rings is 1. The molecule has 2 rings (SSSR count). The van der Waals surface area contributed by atoms with E-state index >= 15 is 0 Å². The van der Waals surface area contributed by atoms with Crippen molar-refractivity contribution in [1.29, 1.82) is 0 Å². The van der Waals surface area contributed by atoms with E-state index in [4.69, 9.17) is 17.3 Å². The van der Waals surface area contributed by atoms with E-state index in [9.17, 15) is 18.3 Å². The molecule has 1 heterocycles. The number of aromatic nitrogens is 1. The lowest BCUT2D eigenvalue weighted by Crippen LogP contribution is -2.08. The molecular weight excluding hydrogens is 353 g/mol. The van der Waals surface area contributed by atoms with E-state index in [1.54, 1.807) is 19.1 Å². The van der Waals surface area contributed by atoms with Crippen molar-refractivity contribution in [3.8, 4) is 5.75 Å². The van der Waals surface area contributed by atoms with Crippen LogP contribution < -0.4 is 5.73 Å². The van der Waals surface area contributed by atoms with E-state index in [0.717, 1.165) is 12.3 Å². The van der Waals surface area contributed by atoms with Gasteiger partial charge in [0.15, 0.2) is 0 Å². The number of halogens is 4. The van der Waals surface area contributed by atoms with Crippen LogP contribution in [0.5, 0.6) is 5.75 Å². The minimum atomic E-state index is -4.34.